The number of benzene rings is 1. The molecule has 3 heterocycles. The van der Waals surface area contributed by atoms with Crippen molar-refractivity contribution in [1.29, 1.82) is 0 Å². The number of piperidine rings is 1. The summed E-state index contributed by atoms with van der Waals surface area (Å²) >= 11 is 0. The standard InChI is InChI=1S/C27H36N4O/c1-7-23-24-16-21(20-10-12-31(13-11-20)19(4)27(32)30(5)6)8-9-25(24)29-26(23)22-14-17(2)28-18(3)15-22/h8-9,14-16,19-20,29H,7,10-13H2,1-6H3. The fraction of sp³-hybridized carbons (Fsp3) is 0.481. The van der Waals surface area contributed by atoms with Crippen LogP contribution in [0.2, 0.25) is 0 Å². The first-order valence-corrected chi connectivity index (χ1v) is 11.8. The molecule has 1 unspecified atom stereocenters. The van der Waals surface area contributed by atoms with Crippen LogP contribution in [0.4, 0.5) is 0 Å². The average molecular weight is 433 g/mol. The Kier molecular flexibility index (Phi) is 6.38. The molecule has 1 N–H and O–H groups in total. The van der Waals surface area contributed by atoms with E-state index < -0.39 is 0 Å². The van der Waals surface area contributed by atoms with Crippen LogP contribution in [0.15, 0.2) is 30.3 Å². The number of nitrogens with zero attached hydrogens (tertiary/aromatic N) is 3. The van der Waals surface area contributed by atoms with E-state index in [0.29, 0.717) is 5.92 Å². The molecule has 1 saturated heterocycles. The molecule has 32 heavy (non-hydrogen) atoms. The zero-order valence-corrected chi connectivity index (χ0v) is 20.3. The molecule has 1 fully saturated rings. The van der Waals surface area contributed by atoms with Crippen molar-refractivity contribution in [1.82, 2.24) is 19.8 Å². The van der Waals surface area contributed by atoms with Crippen molar-refractivity contribution < 1.29 is 4.79 Å². The van der Waals surface area contributed by atoms with Crippen LogP contribution in [-0.4, -0.2) is 58.9 Å². The van der Waals surface area contributed by atoms with Crippen molar-refractivity contribution in [3.63, 3.8) is 0 Å². The number of likely N-dealkylation sites (N-methyl/N-ethyl adjacent to an activating group) is 1. The maximum atomic E-state index is 12.3. The molecule has 5 heteroatoms. The van der Waals surface area contributed by atoms with Crippen molar-refractivity contribution in [2.45, 2.75) is 58.9 Å². The maximum absolute atomic E-state index is 12.3. The number of pyridine rings is 1. The van der Waals surface area contributed by atoms with E-state index in [2.05, 4.69) is 66.0 Å². The number of aromatic nitrogens is 2. The average Bonchev–Trinajstić information content (AvgIpc) is 3.15. The molecule has 1 amide bonds. The van der Waals surface area contributed by atoms with Crippen molar-refractivity contribution >= 4 is 16.8 Å². The highest BCUT2D eigenvalue weighted by atomic mass is 16.2. The number of H-pyrrole nitrogens is 1. The number of carbonyl (C=O) groups is 1. The Balaban J connectivity index is 1.59. The second kappa shape index (κ2) is 9.07. The highest BCUT2D eigenvalue weighted by Crippen LogP contribution is 2.35. The predicted molar refractivity (Wildman–Crippen MR) is 132 cm³/mol. The van der Waals surface area contributed by atoms with Gasteiger partial charge in [-0.2, -0.15) is 0 Å². The third-order valence-electron chi connectivity index (χ3n) is 7.00. The van der Waals surface area contributed by atoms with E-state index in [0.717, 1.165) is 43.7 Å². The number of aromatic amines is 1. The van der Waals surface area contributed by atoms with E-state index in [9.17, 15) is 4.79 Å². The number of fused-ring (bicyclic) bond motifs is 1. The topological polar surface area (TPSA) is 52.2 Å². The summed E-state index contributed by atoms with van der Waals surface area (Å²) in [4.78, 5) is 24.6. The first-order valence-electron chi connectivity index (χ1n) is 11.8. The fourth-order valence-corrected chi connectivity index (χ4v) is 5.26. The minimum Gasteiger partial charge on any atom is -0.354 e. The first kappa shape index (κ1) is 22.5. The zero-order valence-electron chi connectivity index (χ0n) is 20.3. The Bertz CT molecular complexity index is 1100. The number of rotatable bonds is 5. The van der Waals surface area contributed by atoms with Crippen LogP contribution in [0.5, 0.6) is 0 Å². The second-order valence-corrected chi connectivity index (χ2v) is 9.49. The minimum absolute atomic E-state index is 0.0420. The molecule has 170 valence electrons. The van der Waals surface area contributed by atoms with Crippen molar-refractivity contribution in [2.24, 2.45) is 0 Å². The molecular formula is C27H36N4O. The Hall–Kier alpha value is -2.66. The summed E-state index contributed by atoms with van der Waals surface area (Å²) in [5, 5.41) is 1.34. The Morgan fingerprint density at radius 2 is 1.81 bits per heavy atom. The van der Waals surface area contributed by atoms with Gasteiger partial charge in [-0.25, -0.2) is 0 Å². The quantitative estimate of drug-likeness (QED) is 0.613. The summed E-state index contributed by atoms with van der Waals surface area (Å²) in [5.41, 5.74) is 8.55. The number of amides is 1. The summed E-state index contributed by atoms with van der Waals surface area (Å²) in [6.45, 7) is 10.3. The largest absolute Gasteiger partial charge is 0.354 e. The van der Waals surface area contributed by atoms with Crippen LogP contribution in [-0.2, 0) is 11.2 Å². The van der Waals surface area contributed by atoms with Crippen LogP contribution in [0.25, 0.3) is 22.2 Å². The molecule has 3 aromatic rings. The lowest BCUT2D eigenvalue weighted by Gasteiger charge is -2.36. The van der Waals surface area contributed by atoms with Gasteiger partial charge in [0.15, 0.2) is 0 Å². The number of hydrogen-bond acceptors (Lipinski definition) is 3. The third kappa shape index (κ3) is 4.31. The summed E-state index contributed by atoms with van der Waals surface area (Å²) in [7, 11) is 3.68. The van der Waals surface area contributed by atoms with Gasteiger partial charge in [0.05, 0.1) is 6.04 Å². The molecule has 0 spiro atoms. The summed E-state index contributed by atoms with van der Waals surface area (Å²) in [5.74, 6) is 0.740. The molecule has 4 rings (SSSR count). The Morgan fingerprint density at radius 1 is 1.16 bits per heavy atom. The number of nitrogens with one attached hydrogen (secondary N) is 1. The van der Waals surface area contributed by atoms with E-state index in [1.165, 1.54) is 33.3 Å². The van der Waals surface area contributed by atoms with Gasteiger partial charge in [-0.1, -0.05) is 13.0 Å². The minimum atomic E-state index is -0.0420. The van der Waals surface area contributed by atoms with E-state index >= 15 is 0 Å². The van der Waals surface area contributed by atoms with Crippen molar-refractivity contribution in [3.05, 3.63) is 52.8 Å². The summed E-state index contributed by atoms with van der Waals surface area (Å²) in [6.07, 6.45) is 3.18. The molecule has 0 saturated carbocycles. The first-order chi connectivity index (χ1) is 15.3. The van der Waals surface area contributed by atoms with Gasteiger partial charge < -0.3 is 9.88 Å². The number of carbonyl (C=O) groups excluding carboxylic acids is 1. The van der Waals surface area contributed by atoms with Crippen LogP contribution in [0.1, 0.15) is 55.1 Å². The lowest BCUT2D eigenvalue weighted by atomic mass is 9.87. The van der Waals surface area contributed by atoms with Crippen molar-refractivity contribution in [2.75, 3.05) is 27.2 Å². The van der Waals surface area contributed by atoms with Gasteiger partial charge in [-0.05, 0) is 94.4 Å². The number of likely N-dealkylation sites (tertiary alicyclic amines) is 1. The van der Waals surface area contributed by atoms with E-state index in [1.807, 2.05) is 21.0 Å². The predicted octanol–water partition coefficient (Wildman–Crippen LogP) is 5.07. The fourth-order valence-electron chi connectivity index (χ4n) is 5.26. The molecule has 1 aromatic carbocycles. The molecule has 0 aliphatic carbocycles. The molecular weight excluding hydrogens is 396 g/mol. The van der Waals surface area contributed by atoms with Gasteiger partial charge in [-0.3, -0.25) is 14.7 Å². The van der Waals surface area contributed by atoms with Gasteiger partial charge in [0.2, 0.25) is 5.91 Å². The number of aryl methyl sites for hydroxylation is 3. The lowest BCUT2D eigenvalue weighted by molar-refractivity contribution is -0.134. The molecule has 0 bridgehead atoms. The second-order valence-electron chi connectivity index (χ2n) is 9.49. The van der Waals surface area contributed by atoms with Crippen LogP contribution in [0, 0.1) is 13.8 Å². The Labute approximate surface area is 191 Å². The van der Waals surface area contributed by atoms with Gasteiger partial charge in [0.25, 0.3) is 0 Å². The smallest absolute Gasteiger partial charge is 0.239 e. The lowest BCUT2D eigenvalue weighted by Crippen LogP contribution is -2.47. The zero-order chi connectivity index (χ0) is 23.0. The van der Waals surface area contributed by atoms with Gasteiger partial charge >= 0.3 is 0 Å². The van der Waals surface area contributed by atoms with Crippen molar-refractivity contribution in [3.8, 4) is 11.3 Å². The number of hydrogen-bond donors (Lipinski definition) is 1. The third-order valence-corrected chi connectivity index (χ3v) is 7.00. The van der Waals surface area contributed by atoms with Crippen LogP contribution < -0.4 is 0 Å². The summed E-state index contributed by atoms with van der Waals surface area (Å²) in [6, 6.07) is 11.2. The van der Waals surface area contributed by atoms with Gasteiger partial charge in [0, 0.05) is 47.6 Å². The van der Waals surface area contributed by atoms with Gasteiger partial charge in [0.1, 0.15) is 0 Å². The molecule has 1 aliphatic rings. The normalized spacial score (nSPS) is 16.4. The maximum Gasteiger partial charge on any atom is 0.239 e. The highest BCUT2D eigenvalue weighted by Gasteiger charge is 2.28. The molecule has 1 aliphatic heterocycles. The van der Waals surface area contributed by atoms with E-state index in [1.54, 1.807) is 4.90 Å². The van der Waals surface area contributed by atoms with Gasteiger partial charge in [-0.15, -0.1) is 0 Å². The van der Waals surface area contributed by atoms with E-state index in [-0.39, 0.29) is 11.9 Å². The van der Waals surface area contributed by atoms with Crippen LogP contribution >= 0.6 is 0 Å². The van der Waals surface area contributed by atoms with Crippen LogP contribution in [0.3, 0.4) is 0 Å². The highest BCUT2D eigenvalue weighted by molar-refractivity contribution is 5.91. The molecule has 2 aromatic heterocycles. The monoisotopic (exact) mass is 432 g/mol. The molecule has 0 radical (unpaired) electrons. The SMILES string of the molecule is CCc1c(-c2cc(C)nc(C)c2)[nH]c2ccc(C3CCN(C(C)C(=O)N(C)C)CC3)cc12. The summed E-state index contributed by atoms with van der Waals surface area (Å²) < 4.78 is 0. The molecule has 1 atom stereocenters. The molecule has 5 nitrogen and oxygen atoms in total. The van der Waals surface area contributed by atoms with E-state index in [4.69, 9.17) is 0 Å². The Morgan fingerprint density at radius 3 is 2.41 bits per heavy atom.